The van der Waals surface area contributed by atoms with E-state index >= 15 is 0 Å². The normalized spacial score (nSPS) is 26.2. The molecule has 0 aromatic carbocycles. The second-order valence-corrected chi connectivity index (χ2v) is 8.15. The van der Waals surface area contributed by atoms with E-state index in [0.29, 0.717) is 19.4 Å². The van der Waals surface area contributed by atoms with Crippen molar-refractivity contribution in [2.75, 3.05) is 66.0 Å². The smallest absolute Gasteiger partial charge is 0.224 e. The van der Waals surface area contributed by atoms with Crippen LogP contribution < -0.4 is 10.6 Å². The van der Waals surface area contributed by atoms with Gasteiger partial charge in [0.15, 0.2) is 5.96 Å². The van der Waals surface area contributed by atoms with E-state index in [1.54, 1.807) is 0 Å². The first kappa shape index (κ1) is 23.2. The molecule has 1 spiro atoms. The molecular weight excluding hydrogens is 471 g/mol. The van der Waals surface area contributed by atoms with Crippen LogP contribution in [0.3, 0.4) is 0 Å². The van der Waals surface area contributed by atoms with Crippen LogP contribution in [0.5, 0.6) is 0 Å². The van der Waals surface area contributed by atoms with Crippen LogP contribution >= 0.6 is 24.0 Å². The summed E-state index contributed by atoms with van der Waals surface area (Å²) in [5, 5.41) is 6.36. The molecule has 1 unspecified atom stereocenters. The molecule has 8 nitrogen and oxygen atoms in total. The van der Waals surface area contributed by atoms with Gasteiger partial charge in [0.1, 0.15) is 0 Å². The van der Waals surface area contributed by atoms with Crippen LogP contribution in [0.4, 0.5) is 0 Å². The summed E-state index contributed by atoms with van der Waals surface area (Å²) < 4.78 is 0. The van der Waals surface area contributed by atoms with Crippen LogP contribution in [-0.2, 0) is 9.59 Å². The fraction of sp³-hybridized carbons (Fsp3) is 0.842. The molecule has 2 amide bonds. The maximum absolute atomic E-state index is 12.4. The lowest BCUT2D eigenvalue weighted by atomic mass is 9.79. The highest BCUT2D eigenvalue weighted by molar-refractivity contribution is 14.0. The summed E-state index contributed by atoms with van der Waals surface area (Å²) in [6, 6.07) is 0. The van der Waals surface area contributed by atoms with Gasteiger partial charge in [0.2, 0.25) is 11.8 Å². The molecule has 2 N–H and O–H groups in total. The average Bonchev–Trinajstić information content (AvgIpc) is 3.01. The predicted molar refractivity (Wildman–Crippen MR) is 121 cm³/mol. The van der Waals surface area contributed by atoms with Crippen molar-refractivity contribution in [3.8, 4) is 0 Å². The van der Waals surface area contributed by atoms with Crippen molar-refractivity contribution in [3.05, 3.63) is 0 Å². The number of likely N-dealkylation sites (N-methyl/N-ethyl adjacent to an activating group) is 1. The number of piperazine rings is 1. The lowest BCUT2D eigenvalue weighted by Gasteiger charge is -2.40. The Hall–Kier alpha value is -1.10. The Kier molecular flexibility index (Phi) is 8.79. The Bertz CT molecular complexity index is 579. The van der Waals surface area contributed by atoms with Gasteiger partial charge in [-0.25, -0.2) is 0 Å². The van der Waals surface area contributed by atoms with Crippen LogP contribution in [0, 0.1) is 5.41 Å². The SMILES string of the molecule is CCNC(=NCCC(=O)N1CCN(C)CC1)N1CCCC2(CNC(=O)C2)C1.I. The maximum Gasteiger partial charge on any atom is 0.224 e. The lowest BCUT2D eigenvalue weighted by Crippen LogP contribution is -2.51. The van der Waals surface area contributed by atoms with Crippen LogP contribution in [0.25, 0.3) is 0 Å². The molecule has 0 saturated carbocycles. The molecule has 3 rings (SSSR count). The summed E-state index contributed by atoms with van der Waals surface area (Å²) >= 11 is 0. The molecule has 3 fully saturated rings. The number of carbonyl (C=O) groups is 2. The van der Waals surface area contributed by atoms with E-state index in [1.807, 2.05) is 4.90 Å². The van der Waals surface area contributed by atoms with E-state index in [9.17, 15) is 9.59 Å². The van der Waals surface area contributed by atoms with Crippen LogP contribution in [-0.4, -0.2) is 98.4 Å². The Labute approximate surface area is 185 Å². The van der Waals surface area contributed by atoms with E-state index < -0.39 is 0 Å². The van der Waals surface area contributed by atoms with Gasteiger partial charge in [-0.05, 0) is 26.8 Å². The van der Waals surface area contributed by atoms with Crippen molar-refractivity contribution in [3.63, 3.8) is 0 Å². The topological polar surface area (TPSA) is 80.3 Å². The number of hydrogen-bond donors (Lipinski definition) is 2. The third kappa shape index (κ3) is 5.95. The highest BCUT2D eigenvalue weighted by atomic mass is 127. The van der Waals surface area contributed by atoms with Gasteiger partial charge in [-0.1, -0.05) is 0 Å². The summed E-state index contributed by atoms with van der Waals surface area (Å²) in [7, 11) is 2.09. The number of halogens is 1. The first-order valence-electron chi connectivity index (χ1n) is 10.3. The molecular formula is C19H35IN6O2. The quantitative estimate of drug-likeness (QED) is 0.327. The van der Waals surface area contributed by atoms with Gasteiger partial charge >= 0.3 is 0 Å². The van der Waals surface area contributed by atoms with Gasteiger partial charge in [-0.3, -0.25) is 14.6 Å². The minimum absolute atomic E-state index is 0. The molecule has 160 valence electrons. The fourth-order valence-corrected chi connectivity index (χ4v) is 4.33. The van der Waals surface area contributed by atoms with E-state index in [4.69, 9.17) is 4.99 Å². The lowest BCUT2D eigenvalue weighted by molar-refractivity contribution is -0.132. The van der Waals surface area contributed by atoms with Crippen LogP contribution in [0.1, 0.15) is 32.6 Å². The molecule has 3 saturated heterocycles. The highest BCUT2D eigenvalue weighted by Crippen LogP contribution is 2.35. The van der Waals surface area contributed by atoms with Crippen molar-refractivity contribution in [2.24, 2.45) is 10.4 Å². The maximum atomic E-state index is 12.4. The van der Waals surface area contributed by atoms with Crippen molar-refractivity contribution >= 4 is 41.8 Å². The van der Waals surface area contributed by atoms with E-state index in [1.165, 1.54) is 0 Å². The minimum atomic E-state index is 0. The zero-order valence-corrected chi connectivity index (χ0v) is 19.5. The molecule has 0 aromatic heterocycles. The Morgan fingerprint density at radius 2 is 1.96 bits per heavy atom. The van der Waals surface area contributed by atoms with Crippen molar-refractivity contribution in [1.82, 2.24) is 25.3 Å². The van der Waals surface area contributed by atoms with E-state index in [2.05, 4.69) is 34.4 Å². The third-order valence-corrected chi connectivity index (χ3v) is 5.94. The molecule has 0 aliphatic carbocycles. The standard InChI is InChI=1S/C19H34N6O2.HI/c1-3-20-18(21-7-5-17(27)24-11-9-23(2)10-12-24)25-8-4-6-19(15-25)13-16(26)22-14-19;/h3-15H2,1-2H3,(H,20,21)(H,22,26);1H. The second kappa shape index (κ2) is 10.6. The number of aliphatic imine (C=N–C) groups is 1. The summed E-state index contributed by atoms with van der Waals surface area (Å²) in [6.07, 6.45) is 3.23. The number of nitrogens with zero attached hydrogens (tertiary/aromatic N) is 4. The Morgan fingerprint density at radius 3 is 2.61 bits per heavy atom. The monoisotopic (exact) mass is 506 g/mol. The van der Waals surface area contributed by atoms with E-state index in [-0.39, 0.29) is 41.2 Å². The average molecular weight is 506 g/mol. The molecule has 0 aromatic rings. The third-order valence-electron chi connectivity index (χ3n) is 5.94. The molecule has 0 radical (unpaired) electrons. The predicted octanol–water partition coefficient (Wildman–Crippen LogP) is 0.336. The minimum Gasteiger partial charge on any atom is -0.357 e. The molecule has 3 aliphatic heterocycles. The van der Waals surface area contributed by atoms with Gasteiger partial charge in [0.25, 0.3) is 0 Å². The summed E-state index contributed by atoms with van der Waals surface area (Å²) in [5.41, 5.74) is 0.0428. The number of guanidine groups is 1. The molecule has 3 aliphatic rings. The number of hydrogen-bond acceptors (Lipinski definition) is 4. The molecule has 1 atom stereocenters. The fourth-order valence-electron chi connectivity index (χ4n) is 4.33. The number of piperidine rings is 1. The summed E-state index contributed by atoms with van der Waals surface area (Å²) in [6.45, 7) is 9.46. The van der Waals surface area contributed by atoms with Crippen molar-refractivity contribution in [2.45, 2.75) is 32.6 Å². The van der Waals surface area contributed by atoms with Gasteiger partial charge < -0.3 is 25.3 Å². The van der Waals surface area contributed by atoms with E-state index in [0.717, 1.165) is 71.2 Å². The zero-order chi connectivity index (χ0) is 19.3. The molecule has 0 bridgehead atoms. The molecule has 9 heteroatoms. The Balaban J connectivity index is 0.00000280. The largest absolute Gasteiger partial charge is 0.357 e. The van der Waals surface area contributed by atoms with Crippen LogP contribution in [0.2, 0.25) is 0 Å². The number of amides is 2. The second-order valence-electron chi connectivity index (χ2n) is 8.15. The first-order valence-corrected chi connectivity index (χ1v) is 10.3. The number of rotatable bonds is 4. The number of nitrogens with one attached hydrogen (secondary N) is 2. The highest BCUT2D eigenvalue weighted by Gasteiger charge is 2.42. The van der Waals surface area contributed by atoms with Crippen molar-refractivity contribution < 1.29 is 9.59 Å². The Morgan fingerprint density at radius 1 is 1.21 bits per heavy atom. The number of likely N-dealkylation sites (tertiary alicyclic amines) is 1. The van der Waals surface area contributed by atoms with Gasteiger partial charge in [-0.2, -0.15) is 0 Å². The zero-order valence-electron chi connectivity index (χ0n) is 17.2. The summed E-state index contributed by atoms with van der Waals surface area (Å²) in [4.78, 5) is 35.3. The van der Waals surface area contributed by atoms with Crippen LogP contribution in [0.15, 0.2) is 4.99 Å². The van der Waals surface area contributed by atoms with Gasteiger partial charge in [0.05, 0.1) is 6.54 Å². The van der Waals surface area contributed by atoms with Gasteiger partial charge in [-0.15, -0.1) is 24.0 Å². The van der Waals surface area contributed by atoms with Gasteiger partial charge in [0, 0.05) is 70.6 Å². The summed E-state index contributed by atoms with van der Waals surface area (Å²) in [5.74, 6) is 1.24. The van der Waals surface area contributed by atoms with Crippen molar-refractivity contribution in [1.29, 1.82) is 0 Å². The molecule has 28 heavy (non-hydrogen) atoms. The number of carbonyl (C=O) groups excluding carboxylic acids is 2. The molecule has 3 heterocycles. The first-order chi connectivity index (χ1) is 13.0.